The molecule has 0 amide bonds. The third-order valence-corrected chi connectivity index (χ3v) is 7.82. The molecule has 32 heavy (non-hydrogen) atoms. The largest absolute Gasteiger partial charge is 0.506 e. The molecule has 10 heteroatoms. The van der Waals surface area contributed by atoms with Crippen LogP contribution in [0.25, 0.3) is 11.6 Å². The van der Waals surface area contributed by atoms with Gasteiger partial charge in [0, 0.05) is 10.4 Å². The number of halogens is 4. The molecule has 2 N–H and O–H groups in total. The number of cyclic esters (lactones) is 1. The number of rotatable bonds is 4. The van der Waals surface area contributed by atoms with E-state index in [1.54, 1.807) is 24.3 Å². The molecule has 0 fully saturated rings. The molecule has 0 saturated carbocycles. The van der Waals surface area contributed by atoms with Gasteiger partial charge < -0.3 is 14.9 Å². The fraction of sp³-hybridized carbons (Fsp3) is 0. The first-order chi connectivity index (χ1) is 15.2. The highest BCUT2D eigenvalue weighted by molar-refractivity contribution is 9.11. The zero-order chi connectivity index (χ0) is 23.2. The Morgan fingerprint density at radius 3 is 2.03 bits per heavy atom. The minimum absolute atomic E-state index is 0.0453. The molecule has 1 aliphatic rings. The summed E-state index contributed by atoms with van der Waals surface area (Å²) in [5.74, 6) is -1.07. The number of Topliss-reactive ketones (excluding diaryl/α,β-unsaturated/α-hetero) is 1. The number of allylic oxidation sites excluding steroid dienone is 1. The second kappa shape index (κ2) is 9.26. The monoisotopic (exact) mass is 702 g/mol. The van der Waals surface area contributed by atoms with E-state index >= 15 is 0 Å². The number of ether oxygens (including phenoxy) is 1. The van der Waals surface area contributed by atoms with E-state index in [1.165, 1.54) is 23.5 Å². The number of esters is 1. The van der Waals surface area contributed by atoms with Crippen molar-refractivity contribution in [2.45, 2.75) is 0 Å². The van der Waals surface area contributed by atoms with Crippen LogP contribution in [0.5, 0.6) is 11.5 Å². The van der Waals surface area contributed by atoms with Crippen molar-refractivity contribution in [2.24, 2.45) is 0 Å². The first-order valence-electron chi connectivity index (χ1n) is 8.80. The summed E-state index contributed by atoms with van der Waals surface area (Å²) in [6.07, 6.45) is 1.63. The first kappa shape index (κ1) is 23.4. The lowest BCUT2D eigenvalue weighted by molar-refractivity contribution is -0.132. The van der Waals surface area contributed by atoms with Gasteiger partial charge in [-0.2, -0.15) is 0 Å². The molecule has 0 saturated heterocycles. The molecule has 0 atom stereocenters. The highest BCUT2D eigenvalue weighted by Gasteiger charge is 2.37. The summed E-state index contributed by atoms with van der Waals surface area (Å²) in [6, 6.07) is 9.85. The number of ketones is 1. The van der Waals surface area contributed by atoms with Gasteiger partial charge in [0.25, 0.3) is 0 Å². The summed E-state index contributed by atoms with van der Waals surface area (Å²) >= 11 is 14.4. The van der Waals surface area contributed by atoms with Crippen molar-refractivity contribution in [1.29, 1.82) is 0 Å². The number of aromatic hydroxyl groups is 2. The topological polar surface area (TPSA) is 83.8 Å². The van der Waals surface area contributed by atoms with E-state index in [4.69, 9.17) is 4.74 Å². The summed E-state index contributed by atoms with van der Waals surface area (Å²) in [4.78, 5) is 26.9. The van der Waals surface area contributed by atoms with Crippen molar-refractivity contribution >= 4 is 98.5 Å². The van der Waals surface area contributed by atoms with Crippen molar-refractivity contribution in [3.05, 3.63) is 87.0 Å². The average molecular weight is 706 g/mol. The van der Waals surface area contributed by atoms with Crippen LogP contribution in [0.4, 0.5) is 0 Å². The second-order valence-corrected chi connectivity index (χ2v) is 10.9. The molecule has 0 aliphatic carbocycles. The number of benzene rings is 2. The molecule has 1 aliphatic heterocycles. The van der Waals surface area contributed by atoms with Crippen LogP contribution in [0.15, 0.2) is 71.0 Å². The van der Waals surface area contributed by atoms with Crippen LogP contribution < -0.4 is 0 Å². The standard InChI is InChI=1S/C22H10Br4O5S/c23-11-4-9(5-12(24)20(11)28)6-15-17(16-2-1-3-32-16)18(22(30)31-15)19(27)10-7-13(25)21(29)14(26)8-10/h1-8,28-29H/b15-6-. The predicted molar refractivity (Wildman–Crippen MR) is 137 cm³/mol. The van der Waals surface area contributed by atoms with Gasteiger partial charge in [-0.25, -0.2) is 4.79 Å². The lowest BCUT2D eigenvalue weighted by atomic mass is 9.97. The van der Waals surface area contributed by atoms with E-state index in [9.17, 15) is 19.8 Å². The summed E-state index contributed by atoms with van der Waals surface area (Å²) < 4.78 is 7.06. The Labute approximate surface area is 219 Å². The zero-order valence-electron chi connectivity index (χ0n) is 15.7. The number of thiophene rings is 1. The molecule has 0 radical (unpaired) electrons. The Kier molecular flexibility index (Phi) is 6.78. The summed E-state index contributed by atoms with van der Waals surface area (Å²) in [6.45, 7) is 0. The quantitative estimate of drug-likeness (QED) is 0.168. The summed E-state index contributed by atoms with van der Waals surface area (Å²) in [5.41, 5.74) is 1.14. The average Bonchev–Trinajstić information content (AvgIpc) is 3.36. The molecule has 4 rings (SSSR count). The van der Waals surface area contributed by atoms with Crippen molar-refractivity contribution < 1.29 is 24.5 Å². The number of phenolic OH excluding ortho intramolecular Hbond substituents is 2. The van der Waals surface area contributed by atoms with Crippen molar-refractivity contribution in [1.82, 2.24) is 0 Å². The zero-order valence-corrected chi connectivity index (χ0v) is 22.8. The molecular weight excluding hydrogens is 696 g/mol. The molecule has 3 aromatic rings. The number of hydrogen-bond donors (Lipinski definition) is 2. The maximum absolute atomic E-state index is 13.4. The Bertz CT molecular complexity index is 1300. The number of phenols is 2. The molecule has 0 spiro atoms. The summed E-state index contributed by atoms with van der Waals surface area (Å²) in [7, 11) is 0. The molecule has 2 aromatic carbocycles. The molecule has 1 aromatic heterocycles. The second-order valence-electron chi connectivity index (χ2n) is 6.58. The van der Waals surface area contributed by atoms with E-state index < -0.39 is 11.8 Å². The lowest BCUT2D eigenvalue weighted by Gasteiger charge is -2.07. The van der Waals surface area contributed by atoms with Crippen LogP contribution in [-0.2, 0) is 9.53 Å². The minimum Gasteiger partial charge on any atom is -0.506 e. The van der Waals surface area contributed by atoms with Gasteiger partial charge in [0.05, 0.1) is 23.5 Å². The molecular formula is C22H10Br4O5S. The highest BCUT2D eigenvalue weighted by Crippen LogP contribution is 2.42. The van der Waals surface area contributed by atoms with Crippen molar-refractivity contribution in [2.75, 3.05) is 0 Å². The lowest BCUT2D eigenvalue weighted by Crippen LogP contribution is -2.11. The Hall–Kier alpha value is -1.72. The SMILES string of the molecule is O=C1O/C(=C\c2cc(Br)c(O)c(Br)c2)C(c2cccs2)=C1C(=O)c1cc(Br)c(O)c(Br)c1. The van der Waals surface area contributed by atoms with Gasteiger partial charge in [-0.15, -0.1) is 11.3 Å². The molecule has 0 bridgehead atoms. The van der Waals surface area contributed by atoms with Crippen LogP contribution >= 0.6 is 75.1 Å². The van der Waals surface area contributed by atoms with Gasteiger partial charge in [-0.3, -0.25) is 4.79 Å². The number of carbonyl (C=O) groups excluding carboxylic acids is 2. The molecule has 5 nitrogen and oxygen atoms in total. The maximum atomic E-state index is 13.4. The fourth-order valence-electron chi connectivity index (χ4n) is 3.06. The molecule has 2 heterocycles. The fourth-order valence-corrected chi connectivity index (χ4v) is 6.25. The van der Waals surface area contributed by atoms with Gasteiger partial charge in [0.2, 0.25) is 5.78 Å². The smallest absolute Gasteiger partial charge is 0.348 e. The third-order valence-electron chi connectivity index (χ3n) is 4.51. The van der Waals surface area contributed by atoms with Crippen LogP contribution in [0.3, 0.4) is 0 Å². The maximum Gasteiger partial charge on any atom is 0.348 e. The van der Waals surface area contributed by atoms with Crippen LogP contribution in [0.1, 0.15) is 20.8 Å². The van der Waals surface area contributed by atoms with Crippen LogP contribution in [0.2, 0.25) is 0 Å². The third kappa shape index (κ3) is 4.38. The molecule has 162 valence electrons. The van der Waals surface area contributed by atoms with Gasteiger partial charge >= 0.3 is 5.97 Å². The van der Waals surface area contributed by atoms with Gasteiger partial charge in [0.15, 0.2) is 0 Å². The number of hydrogen-bond acceptors (Lipinski definition) is 6. The number of carbonyl (C=O) groups is 2. The Balaban J connectivity index is 1.90. The minimum atomic E-state index is -0.762. The first-order valence-corrected chi connectivity index (χ1v) is 12.9. The van der Waals surface area contributed by atoms with E-state index in [1.807, 2.05) is 11.4 Å². The van der Waals surface area contributed by atoms with Crippen molar-refractivity contribution in [3.63, 3.8) is 0 Å². The van der Waals surface area contributed by atoms with Crippen LogP contribution in [-0.4, -0.2) is 22.0 Å². The van der Waals surface area contributed by atoms with E-state index in [0.717, 1.165) is 0 Å². The highest BCUT2D eigenvalue weighted by atomic mass is 79.9. The Morgan fingerprint density at radius 1 is 0.938 bits per heavy atom. The Morgan fingerprint density at radius 2 is 1.50 bits per heavy atom. The summed E-state index contributed by atoms with van der Waals surface area (Å²) in [5, 5.41) is 21.8. The normalized spacial score (nSPS) is 14.9. The van der Waals surface area contributed by atoms with Gasteiger partial charge in [-0.05, 0) is 111 Å². The van der Waals surface area contributed by atoms with Crippen molar-refractivity contribution in [3.8, 4) is 11.5 Å². The van der Waals surface area contributed by atoms with E-state index in [0.29, 0.717) is 33.9 Å². The molecule has 0 unspecified atom stereocenters. The van der Waals surface area contributed by atoms with Crippen LogP contribution in [0, 0.1) is 0 Å². The van der Waals surface area contributed by atoms with Gasteiger partial charge in [0.1, 0.15) is 22.8 Å². The van der Waals surface area contributed by atoms with Gasteiger partial charge in [-0.1, -0.05) is 6.07 Å². The van der Waals surface area contributed by atoms with E-state index in [-0.39, 0.29) is 28.4 Å². The van der Waals surface area contributed by atoms with E-state index in [2.05, 4.69) is 63.7 Å². The predicted octanol–water partition coefficient (Wildman–Crippen LogP) is 7.44.